The Labute approximate surface area is 150 Å². The highest BCUT2D eigenvalue weighted by atomic mass is 16.3. The van der Waals surface area contributed by atoms with Crippen LogP contribution in [0.3, 0.4) is 0 Å². The van der Waals surface area contributed by atoms with Crippen LogP contribution in [0.1, 0.15) is 21.5 Å². The summed E-state index contributed by atoms with van der Waals surface area (Å²) in [4.78, 5) is 21.0. The van der Waals surface area contributed by atoms with Crippen LogP contribution >= 0.6 is 0 Å². The van der Waals surface area contributed by atoms with Crippen LogP contribution in [0.5, 0.6) is 0 Å². The van der Waals surface area contributed by atoms with E-state index >= 15 is 0 Å². The number of nitrogens with one attached hydrogen (secondary N) is 1. The van der Waals surface area contributed by atoms with Crippen molar-refractivity contribution in [3.05, 3.63) is 77.6 Å². The second-order valence-electron chi connectivity index (χ2n) is 6.20. The quantitative estimate of drug-likeness (QED) is 0.582. The number of carbonyl (C=O) groups excluding carboxylic acids is 1. The molecule has 26 heavy (non-hydrogen) atoms. The number of amides is 1. The largest absolute Gasteiger partial charge is 0.436 e. The van der Waals surface area contributed by atoms with E-state index in [4.69, 9.17) is 4.42 Å². The first-order valence-electron chi connectivity index (χ1n) is 8.30. The van der Waals surface area contributed by atoms with Crippen LogP contribution in [-0.2, 0) is 0 Å². The van der Waals surface area contributed by atoms with E-state index in [0.29, 0.717) is 28.2 Å². The Morgan fingerprint density at radius 2 is 1.92 bits per heavy atom. The minimum atomic E-state index is -0.150. The third-order valence-electron chi connectivity index (χ3n) is 4.32. The van der Waals surface area contributed by atoms with E-state index < -0.39 is 0 Å². The van der Waals surface area contributed by atoms with Crippen molar-refractivity contribution in [2.45, 2.75) is 13.8 Å². The van der Waals surface area contributed by atoms with Crippen molar-refractivity contribution >= 4 is 22.7 Å². The zero-order chi connectivity index (χ0) is 18.1. The molecule has 0 radical (unpaired) electrons. The predicted octanol–water partition coefficient (Wildman–Crippen LogP) is 4.76. The summed E-state index contributed by atoms with van der Waals surface area (Å²) in [6.45, 7) is 4.02. The molecule has 0 atom stereocenters. The molecule has 1 amide bonds. The van der Waals surface area contributed by atoms with E-state index in [2.05, 4.69) is 15.3 Å². The zero-order valence-corrected chi connectivity index (χ0v) is 14.5. The van der Waals surface area contributed by atoms with Gasteiger partial charge in [0.15, 0.2) is 5.58 Å². The van der Waals surface area contributed by atoms with Gasteiger partial charge in [0.05, 0.1) is 5.56 Å². The Bertz CT molecular complexity index is 1100. The maximum absolute atomic E-state index is 12.5. The summed E-state index contributed by atoms with van der Waals surface area (Å²) in [5.41, 5.74) is 5.70. The summed E-state index contributed by atoms with van der Waals surface area (Å²) < 4.78 is 5.76. The number of hydrogen-bond donors (Lipinski definition) is 1. The number of fused-ring (bicyclic) bond motifs is 1. The van der Waals surface area contributed by atoms with Crippen LogP contribution in [0, 0.1) is 13.8 Å². The first kappa shape index (κ1) is 16.0. The number of nitrogens with zero attached hydrogens (tertiary/aromatic N) is 2. The number of carbonyl (C=O) groups is 1. The molecule has 0 saturated carbocycles. The lowest BCUT2D eigenvalue weighted by Crippen LogP contribution is -2.12. The molecule has 5 heteroatoms. The number of aromatic nitrogens is 2. The molecule has 4 aromatic rings. The summed E-state index contributed by atoms with van der Waals surface area (Å²) >= 11 is 0. The molecular formula is C21H17N3O2. The number of hydrogen-bond acceptors (Lipinski definition) is 4. The second-order valence-corrected chi connectivity index (χ2v) is 6.20. The first-order chi connectivity index (χ1) is 12.6. The van der Waals surface area contributed by atoms with Crippen molar-refractivity contribution in [2.75, 3.05) is 5.32 Å². The van der Waals surface area contributed by atoms with Crippen molar-refractivity contribution in [3.8, 4) is 11.5 Å². The summed E-state index contributed by atoms with van der Waals surface area (Å²) in [5, 5.41) is 2.91. The Kier molecular flexibility index (Phi) is 3.97. The lowest BCUT2D eigenvalue weighted by Gasteiger charge is -2.07. The molecule has 0 bridgehead atoms. The molecular weight excluding hydrogens is 326 g/mol. The highest BCUT2D eigenvalue weighted by molar-refractivity contribution is 6.05. The molecule has 0 unspecified atom stereocenters. The van der Waals surface area contributed by atoms with Gasteiger partial charge in [0.1, 0.15) is 5.52 Å². The topological polar surface area (TPSA) is 68.0 Å². The van der Waals surface area contributed by atoms with Gasteiger partial charge < -0.3 is 9.73 Å². The highest BCUT2D eigenvalue weighted by Crippen LogP contribution is 2.26. The molecule has 0 spiro atoms. The number of oxazole rings is 1. The molecule has 4 rings (SSSR count). The van der Waals surface area contributed by atoms with Gasteiger partial charge in [-0.3, -0.25) is 9.78 Å². The van der Waals surface area contributed by atoms with E-state index in [0.717, 1.165) is 16.7 Å². The van der Waals surface area contributed by atoms with Gasteiger partial charge in [-0.2, -0.15) is 0 Å². The fraction of sp³-hybridized carbons (Fsp3) is 0.0952. The molecule has 1 N–H and O–H groups in total. The van der Waals surface area contributed by atoms with Crippen molar-refractivity contribution in [1.29, 1.82) is 0 Å². The highest BCUT2D eigenvalue weighted by Gasteiger charge is 2.11. The van der Waals surface area contributed by atoms with Gasteiger partial charge in [-0.15, -0.1) is 0 Å². The fourth-order valence-electron chi connectivity index (χ4n) is 2.70. The molecule has 128 valence electrons. The standard InChI is InChI=1S/C21H17N3O2/c1-13-5-6-15(10-14(13)2)20(25)23-17-7-8-19-18(11-17)24-21(26-19)16-4-3-9-22-12-16/h3-12H,1-2H3,(H,23,25). The fourth-order valence-corrected chi connectivity index (χ4v) is 2.70. The van der Waals surface area contributed by atoms with Crippen molar-refractivity contribution < 1.29 is 9.21 Å². The Balaban J connectivity index is 1.61. The molecule has 0 aliphatic heterocycles. The van der Waals surface area contributed by atoms with E-state index in [1.807, 2.05) is 44.2 Å². The van der Waals surface area contributed by atoms with Gasteiger partial charge in [0.2, 0.25) is 5.89 Å². The minimum Gasteiger partial charge on any atom is -0.436 e. The third-order valence-corrected chi connectivity index (χ3v) is 4.32. The van der Waals surface area contributed by atoms with Crippen LogP contribution in [0.2, 0.25) is 0 Å². The number of aryl methyl sites for hydroxylation is 2. The molecule has 2 aromatic carbocycles. The molecule has 0 saturated heterocycles. The third kappa shape index (κ3) is 3.07. The number of benzene rings is 2. The Morgan fingerprint density at radius 1 is 1.04 bits per heavy atom. The van der Waals surface area contributed by atoms with Gasteiger partial charge >= 0.3 is 0 Å². The van der Waals surface area contributed by atoms with Crippen LogP contribution in [0.4, 0.5) is 5.69 Å². The average molecular weight is 343 g/mol. The van der Waals surface area contributed by atoms with Crippen molar-refractivity contribution in [3.63, 3.8) is 0 Å². The minimum absolute atomic E-state index is 0.150. The molecule has 0 fully saturated rings. The van der Waals surface area contributed by atoms with E-state index in [9.17, 15) is 4.79 Å². The number of rotatable bonds is 3. The summed E-state index contributed by atoms with van der Waals surface area (Å²) in [7, 11) is 0. The summed E-state index contributed by atoms with van der Waals surface area (Å²) in [6, 6.07) is 14.8. The smallest absolute Gasteiger partial charge is 0.255 e. The SMILES string of the molecule is Cc1ccc(C(=O)Nc2ccc3oc(-c4cccnc4)nc3c2)cc1C. The number of anilines is 1. The summed E-state index contributed by atoms with van der Waals surface area (Å²) in [5.74, 6) is 0.356. The van der Waals surface area contributed by atoms with Gasteiger partial charge in [-0.1, -0.05) is 6.07 Å². The Hall–Kier alpha value is -3.47. The van der Waals surface area contributed by atoms with Crippen LogP contribution < -0.4 is 5.32 Å². The molecule has 0 aliphatic carbocycles. The van der Waals surface area contributed by atoms with Gasteiger partial charge in [-0.25, -0.2) is 4.98 Å². The lowest BCUT2D eigenvalue weighted by molar-refractivity contribution is 0.102. The molecule has 0 aliphatic rings. The monoisotopic (exact) mass is 343 g/mol. The van der Waals surface area contributed by atoms with Crippen LogP contribution in [0.15, 0.2) is 65.3 Å². The van der Waals surface area contributed by atoms with Gasteiger partial charge in [0, 0.05) is 23.6 Å². The summed E-state index contributed by atoms with van der Waals surface area (Å²) in [6.07, 6.45) is 3.40. The zero-order valence-electron chi connectivity index (χ0n) is 14.5. The van der Waals surface area contributed by atoms with Gasteiger partial charge in [-0.05, 0) is 67.4 Å². The van der Waals surface area contributed by atoms with Gasteiger partial charge in [0.25, 0.3) is 5.91 Å². The lowest BCUT2D eigenvalue weighted by atomic mass is 10.1. The molecule has 5 nitrogen and oxygen atoms in total. The average Bonchev–Trinajstić information content (AvgIpc) is 3.08. The molecule has 2 heterocycles. The van der Waals surface area contributed by atoms with E-state index in [1.54, 1.807) is 30.6 Å². The molecule has 2 aromatic heterocycles. The Morgan fingerprint density at radius 3 is 2.69 bits per heavy atom. The maximum Gasteiger partial charge on any atom is 0.255 e. The number of pyridine rings is 1. The van der Waals surface area contributed by atoms with Crippen LogP contribution in [0.25, 0.3) is 22.6 Å². The van der Waals surface area contributed by atoms with Crippen LogP contribution in [-0.4, -0.2) is 15.9 Å². The van der Waals surface area contributed by atoms with Crippen molar-refractivity contribution in [2.24, 2.45) is 0 Å². The van der Waals surface area contributed by atoms with Crippen molar-refractivity contribution in [1.82, 2.24) is 9.97 Å². The van der Waals surface area contributed by atoms with E-state index in [1.165, 1.54) is 0 Å². The van der Waals surface area contributed by atoms with E-state index in [-0.39, 0.29) is 5.91 Å². The second kappa shape index (κ2) is 6.44. The maximum atomic E-state index is 12.5. The predicted molar refractivity (Wildman–Crippen MR) is 101 cm³/mol. The first-order valence-corrected chi connectivity index (χ1v) is 8.30. The normalized spacial score (nSPS) is 10.8.